The summed E-state index contributed by atoms with van der Waals surface area (Å²) >= 11 is 4.77. The van der Waals surface area contributed by atoms with Gasteiger partial charge in [-0.1, -0.05) is 0 Å². The first-order valence-electron chi connectivity index (χ1n) is 3.61. The summed E-state index contributed by atoms with van der Waals surface area (Å²) in [7, 11) is 0. The van der Waals surface area contributed by atoms with Crippen LogP contribution in [0.25, 0.3) is 0 Å². The minimum absolute atomic E-state index is 0.0583. The summed E-state index contributed by atoms with van der Waals surface area (Å²) in [6.45, 7) is 0. The van der Waals surface area contributed by atoms with Gasteiger partial charge >= 0.3 is 11.6 Å². The second-order valence-corrected chi connectivity index (χ2v) is 2.74. The summed E-state index contributed by atoms with van der Waals surface area (Å²) in [6, 6.07) is 3.58. The van der Waals surface area contributed by atoms with E-state index < -0.39 is 17.2 Å². The van der Waals surface area contributed by atoms with E-state index >= 15 is 0 Å². The highest BCUT2D eigenvalue weighted by Gasteiger charge is 2.30. The highest BCUT2D eigenvalue weighted by Crippen LogP contribution is 2.30. The molecule has 15 heavy (non-hydrogen) atoms. The van der Waals surface area contributed by atoms with Crippen LogP contribution in [-0.2, 0) is 11.1 Å². The van der Waals surface area contributed by atoms with E-state index in [1.165, 1.54) is 0 Å². The lowest BCUT2D eigenvalue weighted by Crippen LogP contribution is -2.05. The van der Waals surface area contributed by atoms with Gasteiger partial charge in [-0.15, -0.1) is 0 Å². The van der Waals surface area contributed by atoms with E-state index in [0.717, 1.165) is 24.3 Å². The first-order chi connectivity index (χ1) is 6.89. The third-order valence-corrected chi connectivity index (χ3v) is 1.45. The summed E-state index contributed by atoms with van der Waals surface area (Å²) in [5, 5.41) is 0. The SMILES string of the molecule is O=C(Cl)OOc1ccc(C(F)(F)F)cc1. The number of rotatable bonds is 2. The van der Waals surface area contributed by atoms with Gasteiger partial charge in [0.2, 0.25) is 0 Å². The molecule has 0 aliphatic rings. The molecule has 0 amide bonds. The van der Waals surface area contributed by atoms with Crippen LogP contribution >= 0.6 is 11.6 Å². The lowest BCUT2D eigenvalue weighted by Gasteiger charge is -2.06. The van der Waals surface area contributed by atoms with Gasteiger partial charge in [0, 0.05) is 11.6 Å². The Bertz CT molecular complexity index is 347. The lowest BCUT2D eigenvalue weighted by molar-refractivity contribution is -0.139. The average Bonchev–Trinajstić information content (AvgIpc) is 2.14. The minimum Gasteiger partial charge on any atom is -0.286 e. The zero-order valence-electron chi connectivity index (χ0n) is 7.05. The molecular formula is C8H4ClF3O3. The highest BCUT2D eigenvalue weighted by atomic mass is 35.5. The second-order valence-electron chi connectivity index (χ2n) is 2.43. The number of carbonyl (C=O) groups excluding carboxylic acids is 1. The number of benzene rings is 1. The Kier molecular flexibility index (Phi) is 3.41. The van der Waals surface area contributed by atoms with Gasteiger partial charge < -0.3 is 0 Å². The summed E-state index contributed by atoms with van der Waals surface area (Å²) in [4.78, 5) is 18.3. The fourth-order valence-electron chi connectivity index (χ4n) is 0.780. The Morgan fingerprint density at radius 2 is 1.73 bits per heavy atom. The predicted octanol–water partition coefficient (Wildman–Crippen LogP) is 3.37. The summed E-state index contributed by atoms with van der Waals surface area (Å²) in [5.41, 5.74) is -2.04. The molecule has 0 saturated heterocycles. The van der Waals surface area contributed by atoms with Crippen LogP contribution in [0.15, 0.2) is 24.3 Å². The number of hydrogen-bond donors (Lipinski definition) is 0. The van der Waals surface area contributed by atoms with Crippen molar-refractivity contribution < 1.29 is 27.7 Å². The predicted molar refractivity (Wildman–Crippen MR) is 44.4 cm³/mol. The van der Waals surface area contributed by atoms with Crippen molar-refractivity contribution in [3.63, 3.8) is 0 Å². The molecule has 0 saturated carbocycles. The number of alkyl halides is 3. The van der Waals surface area contributed by atoms with Crippen molar-refractivity contribution in [2.24, 2.45) is 0 Å². The average molecular weight is 241 g/mol. The smallest absolute Gasteiger partial charge is 0.286 e. The Labute approximate surface area is 87.3 Å². The largest absolute Gasteiger partial charge is 0.448 e. The van der Waals surface area contributed by atoms with Crippen molar-refractivity contribution in [3.8, 4) is 5.75 Å². The molecule has 82 valence electrons. The normalized spacial score (nSPS) is 10.9. The van der Waals surface area contributed by atoms with E-state index in [2.05, 4.69) is 9.78 Å². The fraction of sp³-hybridized carbons (Fsp3) is 0.125. The monoisotopic (exact) mass is 240 g/mol. The van der Waals surface area contributed by atoms with E-state index in [0.29, 0.717) is 0 Å². The van der Waals surface area contributed by atoms with Crippen molar-refractivity contribution in [2.45, 2.75) is 6.18 Å². The van der Waals surface area contributed by atoms with Crippen molar-refractivity contribution >= 4 is 17.0 Å². The van der Waals surface area contributed by atoms with Gasteiger partial charge in [0.25, 0.3) is 0 Å². The van der Waals surface area contributed by atoms with Crippen LogP contribution in [-0.4, -0.2) is 5.43 Å². The van der Waals surface area contributed by atoms with Crippen LogP contribution in [0.5, 0.6) is 5.75 Å². The van der Waals surface area contributed by atoms with Crippen molar-refractivity contribution in [2.75, 3.05) is 0 Å². The molecule has 1 aromatic carbocycles. The summed E-state index contributed by atoms with van der Waals surface area (Å²) in [5.74, 6) is -0.0583. The van der Waals surface area contributed by atoms with Crippen LogP contribution in [0, 0.1) is 0 Å². The zero-order chi connectivity index (χ0) is 11.5. The third kappa shape index (κ3) is 3.67. The quantitative estimate of drug-likeness (QED) is 0.452. The van der Waals surface area contributed by atoms with Gasteiger partial charge in [0.1, 0.15) is 0 Å². The maximum Gasteiger partial charge on any atom is 0.448 e. The Hall–Kier alpha value is -1.43. The minimum atomic E-state index is -4.41. The van der Waals surface area contributed by atoms with Crippen LogP contribution in [0.4, 0.5) is 18.0 Å². The molecule has 0 N–H and O–H groups in total. The molecule has 0 unspecified atom stereocenters. The molecule has 0 aliphatic heterocycles. The molecule has 0 bridgehead atoms. The van der Waals surface area contributed by atoms with Crippen LogP contribution in [0.3, 0.4) is 0 Å². The van der Waals surface area contributed by atoms with Crippen LogP contribution in [0.1, 0.15) is 5.56 Å². The van der Waals surface area contributed by atoms with Crippen molar-refractivity contribution in [3.05, 3.63) is 29.8 Å². The molecule has 1 rings (SSSR count). The van der Waals surface area contributed by atoms with Crippen molar-refractivity contribution in [1.82, 2.24) is 0 Å². The van der Waals surface area contributed by atoms with E-state index in [1.807, 2.05) is 0 Å². The topological polar surface area (TPSA) is 35.5 Å². The molecule has 0 aromatic heterocycles. The van der Waals surface area contributed by atoms with Crippen LogP contribution in [0.2, 0.25) is 0 Å². The molecule has 1 aromatic rings. The molecule has 0 atom stereocenters. The Balaban J connectivity index is 2.69. The standard InChI is InChI=1S/C8H4ClF3O3/c9-7(13)15-14-6-3-1-5(2-4-6)8(10,11)12/h1-4H. The molecule has 0 radical (unpaired) electrons. The summed E-state index contributed by atoms with van der Waals surface area (Å²) < 4.78 is 36.3. The molecule has 0 fully saturated rings. The Morgan fingerprint density at radius 3 is 2.13 bits per heavy atom. The van der Waals surface area contributed by atoms with Crippen molar-refractivity contribution in [1.29, 1.82) is 0 Å². The van der Waals surface area contributed by atoms with Gasteiger partial charge in [-0.2, -0.15) is 13.2 Å². The maximum atomic E-state index is 12.1. The fourth-order valence-corrected chi connectivity index (χ4v) is 0.812. The van der Waals surface area contributed by atoms with Gasteiger partial charge in [-0.25, -0.2) is 9.68 Å². The number of halogens is 4. The van der Waals surface area contributed by atoms with Gasteiger partial charge in [0.05, 0.1) is 5.56 Å². The molecule has 7 heteroatoms. The number of carbonyl (C=O) groups is 1. The van der Waals surface area contributed by atoms with E-state index in [9.17, 15) is 18.0 Å². The zero-order valence-corrected chi connectivity index (χ0v) is 7.80. The third-order valence-electron chi connectivity index (χ3n) is 1.39. The first-order valence-corrected chi connectivity index (χ1v) is 3.98. The maximum absolute atomic E-state index is 12.1. The van der Waals surface area contributed by atoms with Gasteiger partial charge in [-0.05, 0) is 24.3 Å². The van der Waals surface area contributed by atoms with E-state index in [-0.39, 0.29) is 5.75 Å². The van der Waals surface area contributed by atoms with E-state index in [4.69, 9.17) is 11.6 Å². The molecule has 0 heterocycles. The Morgan fingerprint density at radius 1 is 1.20 bits per heavy atom. The highest BCUT2D eigenvalue weighted by molar-refractivity contribution is 6.61. The van der Waals surface area contributed by atoms with E-state index in [1.54, 1.807) is 0 Å². The van der Waals surface area contributed by atoms with Crippen LogP contribution < -0.4 is 4.89 Å². The van der Waals surface area contributed by atoms with Gasteiger partial charge in [-0.3, -0.25) is 4.89 Å². The molecule has 0 spiro atoms. The molecule has 0 aliphatic carbocycles. The molecule has 3 nitrogen and oxygen atoms in total. The first kappa shape index (κ1) is 11.6. The number of hydrogen-bond acceptors (Lipinski definition) is 3. The molecular weight excluding hydrogens is 237 g/mol. The van der Waals surface area contributed by atoms with Gasteiger partial charge in [0.15, 0.2) is 5.75 Å². The lowest BCUT2D eigenvalue weighted by atomic mass is 10.2. The summed E-state index contributed by atoms with van der Waals surface area (Å²) in [6.07, 6.45) is -4.41. The second kappa shape index (κ2) is 4.39.